The SMILES string of the molecule is CCCCOC(=O)C(CC)c1cccc(C(=O)C2=CCC=CC=C2)c1.CCCSc1ccc(C)cc1. The van der Waals surface area contributed by atoms with Gasteiger partial charge in [0.2, 0.25) is 0 Å². The highest BCUT2D eigenvalue weighted by atomic mass is 32.2. The van der Waals surface area contributed by atoms with Crippen molar-refractivity contribution in [2.45, 2.75) is 70.6 Å². The smallest absolute Gasteiger partial charge is 0.313 e. The summed E-state index contributed by atoms with van der Waals surface area (Å²) in [4.78, 5) is 26.5. The van der Waals surface area contributed by atoms with Gasteiger partial charge in [0.1, 0.15) is 0 Å². The quantitative estimate of drug-likeness (QED) is 0.133. The summed E-state index contributed by atoms with van der Waals surface area (Å²) in [6, 6.07) is 16.1. The Morgan fingerprint density at radius 1 is 1.00 bits per heavy atom. The van der Waals surface area contributed by atoms with E-state index in [9.17, 15) is 9.59 Å². The summed E-state index contributed by atoms with van der Waals surface area (Å²) in [5.74, 6) is 0.669. The summed E-state index contributed by atoms with van der Waals surface area (Å²) in [6.45, 7) is 8.81. The second-order valence-electron chi connectivity index (χ2n) is 8.78. The second-order valence-corrected chi connectivity index (χ2v) is 9.95. The number of unbranched alkanes of at least 4 members (excludes halogenated alkanes) is 1. The van der Waals surface area contributed by atoms with Gasteiger partial charge in [-0.3, -0.25) is 9.59 Å². The van der Waals surface area contributed by atoms with Crippen molar-refractivity contribution in [3.63, 3.8) is 0 Å². The molecule has 0 heterocycles. The highest BCUT2D eigenvalue weighted by Crippen LogP contribution is 2.24. The molecule has 0 saturated carbocycles. The average Bonchev–Trinajstić information content (AvgIpc) is 3.19. The van der Waals surface area contributed by atoms with Crippen molar-refractivity contribution >= 4 is 23.5 Å². The van der Waals surface area contributed by atoms with E-state index < -0.39 is 0 Å². The fraction of sp³-hybridized carbons (Fsp3) is 0.375. The predicted octanol–water partition coefficient (Wildman–Crippen LogP) is 8.65. The van der Waals surface area contributed by atoms with Gasteiger partial charge >= 0.3 is 5.97 Å². The number of aryl methyl sites for hydroxylation is 1. The highest BCUT2D eigenvalue weighted by Gasteiger charge is 2.21. The number of carbonyl (C=O) groups excluding carboxylic acids is 2. The van der Waals surface area contributed by atoms with E-state index in [1.54, 1.807) is 6.07 Å². The molecule has 0 saturated heterocycles. The van der Waals surface area contributed by atoms with Crippen molar-refractivity contribution in [2.24, 2.45) is 0 Å². The van der Waals surface area contributed by atoms with Crippen LogP contribution in [-0.4, -0.2) is 24.1 Å². The lowest BCUT2D eigenvalue weighted by molar-refractivity contribution is -0.145. The molecule has 1 aliphatic rings. The topological polar surface area (TPSA) is 43.4 Å². The monoisotopic (exact) mass is 504 g/mol. The van der Waals surface area contributed by atoms with Gasteiger partial charge in [-0.2, -0.15) is 0 Å². The van der Waals surface area contributed by atoms with Crippen LogP contribution in [0, 0.1) is 6.92 Å². The Labute approximate surface area is 221 Å². The number of Topliss-reactive ketones (excluding diaryl/α,β-unsaturated/α-hetero) is 1. The van der Waals surface area contributed by atoms with Crippen LogP contribution < -0.4 is 0 Å². The molecule has 36 heavy (non-hydrogen) atoms. The molecule has 0 fully saturated rings. The molecule has 0 amide bonds. The van der Waals surface area contributed by atoms with Crippen LogP contribution in [0.15, 0.2) is 89.4 Å². The van der Waals surface area contributed by atoms with E-state index in [4.69, 9.17) is 4.74 Å². The molecule has 0 bridgehead atoms. The number of rotatable bonds is 11. The minimum absolute atomic E-state index is 0.0176. The molecule has 0 spiro atoms. The van der Waals surface area contributed by atoms with Crippen LogP contribution in [0.2, 0.25) is 0 Å². The van der Waals surface area contributed by atoms with Crippen LogP contribution in [0.25, 0.3) is 0 Å². The van der Waals surface area contributed by atoms with Gasteiger partial charge in [0.25, 0.3) is 0 Å². The lowest BCUT2D eigenvalue weighted by Gasteiger charge is -2.15. The maximum absolute atomic E-state index is 12.7. The third kappa shape index (κ3) is 10.0. The average molecular weight is 505 g/mol. The van der Waals surface area contributed by atoms with Crippen molar-refractivity contribution in [3.8, 4) is 0 Å². The first-order valence-electron chi connectivity index (χ1n) is 13.0. The molecule has 1 unspecified atom stereocenters. The summed E-state index contributed by atoms with van der Waals surface area (Å²) >= 11 is 1.93. The summed E-state index contributed by atoms with van der Waals surface area (Å²) in [5.41, 5.74) is 3.47. The molecule has 1 atom stereocenters. The van der Waals surface area contributed by atoms with E-state index in [0.717, 1.165) is 24.8 Å². The van der Waals surface area contributed by atoms with Gasteiger partial charge in [-0.15, -0.1) is 11.8 Å². The number of ether oxygens (including phenoxy) is 1. The Hall–Kier alpha value is -2.85. The molecule has 2 aromatic rings. The number of thioether (sulfide) groups is 1. The Bertz CT molecular complexity index is 1050. The minimum Gasteiger partial charge on any atom is -0.465 e. The van der Waals surface area contributed by atoms with E-state index in [1.807, 2.05) is 67.3 Å². The van der Waals surface area contributed by atoms with Crippen LogP contribution >= 0.6 is 11.8 Å². The normalized spacial score (nSPS) is 13.2. The van der Waals surface area contributed by atoms with Crippen molar-refractivity contribution in [3.05, 3.63) is 101 Å². The first kappa shape index (κ1) is 29.4. The van der Waals surface area contributed by atoms with Gasteiger partial charge in [-0.05, 0) is 62.1 Å². The van der Waals surface area contributed by atoms with Gasteiger partial charge in [-0.1, -0.05) is 93.5 Å². The Balaban J connectivity index is 0.000000346. The molecule has 2 aromatic carbocycles. The Kier molecular flexibility index (Phi) is 13.7. The molecule has 4 heteroatoms. The number of hydrogen-bond donors (Lipinski definition) is 0. The number of hydrogen-bond acceptors (Lipinski definition) is 4. The van der Waals surface area contributed by atoms with E-state index in [2.05, 4.69) is 45.0 Å². The first-order chi connectivity index (χ1) is 17.5. The zero-order valence-electron chi connectivity index (χ0n) is 22.2. The molecular weight excluding hydrogens is 464 g/mol. The maximum atomic E-state index is 12.7. The molecule has 0 radical (unpaired) electrons. The fourth-order valence-electron chi connectivity index (χ4n) is 3.62. The molecule has 3 rings (SSSR count). The summed E-state index contributed by atoms with van der Waals surface area (Å²) in [7, 11) is 0. The standard InChI is InChI=1S/C22H26O3.C10H14S/c1-3-5-15-25-22(24)20(4-2)18-13-10-14-19(16-18)21(23)17-11-8-6-7-9-12-17;1-3-8-11-10-6-4-9(2)5-7-10/h6-8,10-14,16,20H,3-5,9,15H2,1-2H3;4-7H,3,8H2,1-2H3. The minimum atomic E-state index is -0.329. The molecular formula is C32H40O3S. The fourth-order valence-corrected chi connectivity index (χ4v) is 4.39. The third-order valence-corrected chi connectivity index (χ3v) is 6.96. The van der Waals surface area contributed by atoms with Crippen LogP contribution in [0.4, 0.5) is 0 Å². The van der Waals surface area contributed by atoms with Crippen LogP contribution in [0.5, 0.6) is 0 Å². The Morgan fingerprint density at radius 2 is 1.78 bits per heavy atom. The summed E-state index contributed by atoms with van der Waals surface area (Å²) in [5, 5.41) is 0. The first-order valence-corrected chi connectivity index (χ1v) is 14.0. The summed E-state index contributed by atoms with van der Waals surface area (Å²) < 4.78 is 5.37. The van der Waals surface area contributed by atoms with Crippen molar-refractivity contribution in [2.75, 3.05) is 12.4 Å². The van der Waals surface area contributed by atoms with E-state index in [0.29, 0.717) is 24.2 Å². The lowest BCUT2D eigenvalue weighted by atomic mass is 9.92. The molecule has 192 valence electrons. The van der Waals surface area contributed by atoms with E-state index >= 15 is 0 Å². The van der Waals surface area contributed by atoms with E-state index in [-0.39, 0.29) is 17.7 Å². The summed E-state index contributed by atoms with van der Waals surface area (Å²) in [6.07, 6.45) is 14.1. The van der Waals surface area contributed by atoms with Crippen molar-refractivity contribution in [1.29, 1.82) is 0 Å². The lowest BCUT2D eigenvalue weighted by Crippen LogP contribution is -2.16. The van der Waals surface area contributed by atoms with Gasteiger partial charge in [0.05, 0.1) is 12.5 Å². The number of carbonyl (C=O) groups is 2. The predicted molar refractivity (Wildman–Crippen MR) is 153 cm³/mol. The van der Waals surface area contributed by atoms with E-state index in [1.165, 1.54) is 22.6 Å². The maximum Gasteiger partial charge on any atom is 0.313 e. The van der Waals surface area contributed by atoms with Gasteiger partial charge in [-0.25, -0.2) is 0 Å². The largest absolute Gasteiger partial charge is 0.465 e. The number of allylic oxidation sites excluding steroid dienone is 6. The third-order valence-electron chi connectivity index (χ3n) is 5.74. The van der Waals surface area contributed by atoms with Crippen LogP contribution in [0.3, 0.4) is 0 Å². The molecule has 0 aliphatic heterocycles. The number of ketones is 1. The molecule has 3 nitrogen and oxygen atoms in total. The van der Waals surface area contributed by atoms with Gasteiger partial charge in [0, 0.05) is 16.0 Å². The van der Waals surface area contributed by atoms with Gasteiger partial charge in [0.15, 0.2) is 5.78 Å². The highest BCUT2D eigenvalue weighted by molar-refractivity contribution is 7.99. The molecule has 0 aromatic heterocycles. The zero-order chi connectivity index (χ0) is 26.2. The van der Waals surface area contributed by atoms with Crippen molar-refractivity contribution in [1.82, 2.24) is 0 Å². The van der Waals surface area contributed by atoms with Crippen LogP contribution in [-0.2, 0) is 9.53 Å². The zero-order valence-corrected chi connectivity index (χ0v) is 23.0. The molecule has 1 aliphatic carbocycles. The van der Waals surface area contributed by atoms with Crippen LogP contribution in [0.1, 0.15) is 80.3 Å². The number of benzene rings is 2. The van der Waals surface area contributed by atoms with Crippen molar-refractivity contribution < 1.29 is 14.3 Å². The van der Waals surface area contributed by atoms with Gasteiger partial charge < -0.3 is 4.74 Å². The Morgan fingerprint density at radius 3 is 2.47 bits per heavy atom. The number of esters is 1. The second kappa shape index (κ2) is 16.8. The molecule has 0 N–H and O–H groups in total.